The molecule has 0 saturated carbocycles. The fourth-order valence-electron chi connectivity index (χ4n) is 3.48. The Balaban J connectivity index is 1.66. The topological polar surface area (TPSA) is 48.3 Å². The summed E-state index contributed by atoms with van der Waals surface area (Å²) in [6.45, 7) is 0.827. The zero-order valence-corrected chi connectivity index (χ0v) is 15.1. The van der Waals surface area contributed by atoms with Crippen LogP contribution in [-0.4, -0.2) is 23.1 Å². The summed E-state index contributed by atoms with van der Waals surface area (Å²) < 4.78 is 51.7. The quantitative estimate of drug-likeness (QED) is 0.656. The molecule has 3 aromatic rings. The Morgan fingerprint density at radius 1 is 1.07 bits per heavy atom. The summed E-state index contributed by atoms with van der Waals surface area (Å²) in [7, 11) is 0. The number of aromatic nitrogens is 2. The van der Waals surface area contributed by atoms with Crippen LogP contribution in [0.1, 0.15) is 11.1 Å². The third kappa shape index (κ3) is 2.67. The molecule has 0 fully saturated rings. The van der Waals surface area contributed by atoms with Crippen molar-refractivity contribution in [1.29, 1.82) is 0 Å². The number of nitrogens with one attached hydrogen (secondary N) is 1. The molecule has 0 unspecified atom stereocenters. The maximum atomic E-state index is 13.2. The molecule has 0 bridgehead atoms. The van der Waals surface area contributed by atoms with E-state index in [1.807, 2.05) is 12.1 Å². The van der Waals surface area contributed by atoms with Gasteiger partial charge in [0.15, 0.2) is 11.5 Å². The molecule has 1 aromatic heterocycles. The molecule has 2 aliphatic heterocycles. The van der Waals surface area contributed by atoms with E-state index in [2.05, 4.69) is 10.4 Å². The van der Waals surface area contributed by atoms with Crippen molar-refractivity contribution in [2.24, 2.45) is 0 Å². The SMILES string of the molecule is FC(F)(F)c1ccc(Cl)c(-n2nc(-c3ccc4c(c3)OCO4)c3c2NCC3)c1. The number of alkyl halides is 3. The molecular formula is C19H13ClF3N3O2. The monoisotopic (exact) mass is 407 g/mol. The minimum Gasteiger partial charge on any atom is -0.454 e. The lowest BCUT2D eigenvalue weighted by atomic mass is 10.1. The molecule has 0 aliphatic carbocycles. The van der Waals surface area contributed by atoms with Gasteiger partial charge in [-0.15, -0.1) is 0 Å². The average molecular weight is 408 g/mol. The van der Waals surface area contributed by atoms with Crippen molar-refractivity contribution < 1.29 is 22.6 Å². The van der Waals surface area contributed by atoms with E-state index in [0.717, 1.165) is 23.3 Å². The highest BCUT2D eigenvalue weighted by Gasteiger charge is 2.32. The van der Waals surface area contributed by atoms with E-state index >= 15 is 0 Å². The highest BCUT2D eigenvalue weighted by Crippen LogP contribution is 2.41. The molecule has 5 nitrogen and oxygen atoms in total. The first-order chi connectivity index (χ1) is 13.4. The van der Waals surface area contributed by atoms with Crippen LogP contribution < -0.4 is 14.8 Å². The van der Waals surface area contributed by atoms with Crippen LogP contribution in [0.15, 0.2) is 36.4 Å². The Morgan fingerprint density at radius 3 is 2.71 bits per heavy atom. The lowest BCUT2D eigenvalue weighted by molar-refractivity contribution is -0.137. The number of benzene rings is 2. The minimum absolute atomic E-state index is 0.159. The van der Waals surface area contributed by atoms with E-state index < -0.39 is 11.7 Å². The summed E-state index contributed by atoms with van der Waals surface area (Å²) in [6.07, 6.45) is -3.76. The fourth-order valence-corrected chi connectivity index (χ4v) is 3.67. The highest BCUT2D eigenvalue weighted by molar-refractivity contribution is 6.32. The zero-order valence-electron chi connectivity index (χ0n) is 14.3. The van der Waals surface area contributed by atoms with Gasteiger partial charge in [0, 0.05) is 17.7 Å². The molecule has 0 spiro atoms. The molecular weight excluding hydrogens is 395 g/mol. The molecule has 5 rings (SSSR count). The number of hydrogen-bond acceptors (Lipinski definition) is 4. The number of fused-ring (bicyclic) bond motifs is 2. The van der Waals surface area contributed by atoms with Gasteiger partial charge in [-0.25, -0.2) is 4.68 Å². The average Bonchev–Trinajstić information content (AvgIpc) is 3.37. The summed E-state index contributed by atoms with van der Waals surface area (Å²) in [5, 5.41) is 7.97. The van der Waals surface area contributed by atoms with E-state index in [1.54, 1.807) is 6.07 Å². The molecule has 144 valence electrons. The Labute approximate surface area is 162 Å². The number of ether oxygens (including phenoxy) is 2. The third-order valence-electron chi connectivity index (χ3n) is 4.80. The number of nitrogens with zero attached hydrogens (tertiary/aromatic N) is 2. The maximum Gasteiger partial charge on any atom is 0.416 e. The first-order valence-electron chi connectivity index (χ1n) is 8.55. The van der Waals surface area contributed by atoms with E-state index in [0.29, 0.717) is 36.0 Å². The lowest BCUT2D eigenvalue weighted by Gasteiger charge is -2.12. The smallest absolute Gasteiger partial charge is 0.416 e. The van der Waals surface area contributed by atoms with Gasteiger partial charge in [-0.1, -0.05) is 11.6 Å². The van der Waals surface area contributed by atoms with Gasteiger partial charge < -0.3 is 14.8 Å². The molecule has 0 saturated heterocycles. The molecule has 3 heterocycles. The Bertz CT molecular complexity index is 1090. The molecule has 28 heavy (non-hydrogen) atoms. The van der Waals surface area contributed by atoms with Gasteiger partial charge in [-0.3, -0.25) is 0 Å². The van der Waals surface area contributed by atoms with Crippen molar-refractivity contribution in [2.45, 2.75) is 12.6 Å². The van der Waals surface area contributed by atoms with Crippen LogP contribution in [0.25, 0.3) is 16.9 Å². The van der Waals surface area contributed by atoms with Gasteiger partial charge in [0.25, 0.3) is 0 Å². The van der Waals surface area contributed by atoms with E-state index in [-0.39, 0.29) is 17.5 Å². The van der Waals surface area contributed by atoms with Crippen molar-refractivity contribution in [2.75, 3.05) is 18.7 Å². The van der Waals surface area contributed by atoms with Crippen LogP contribution in [0.2, 0.25) is 5.02 Å². The second-order valence-electron chi connectivity index (χ2n) is 6.50. The molecule has 0 atom stereocenters. The number of hydrogen-bond donors (Lipinski definition) is 1. The Morgan fingerprint density at radius 2 is 1.89 bits per heavy atom. The van der Waals surface area contributed by atoms with Crippen molar-refractivity contribution >= 4 is 17.4 Å². The standard InChI is InChI=1S/C19H13ClF3N3O2/c20-13-3-2-11(19(21,22)23)8-14(13)26-18-12(5-6-24-18)17(25-26)10-1-4-15-16(7-10)28-9-27-15/h1-4,7-8,24H,5-6,9H2. The van der Waals surface area contributed by atoms with Crippen molar-refractivity contribution in [3.63, 3.8) is 0 Å². The molecule has 9 heteroatoms. The Kier molecular flexibility index (Phi) is 3.74. The van der Waals surface area contributed by atoms with Gasteiger partial charge in [-0.05, 0) is 42.8 Å². The summed E-state index contributed by atoms with van der Waals surface area (Å²) >= 11 is 6.22. The van der Waals surface area contributed by atoms with Gasteiger partial charge >= 0.3 is 6.18 Å². The summed E-state index contributed by atoms with van der Waals surface area (Å²) in [4.78, 5) is 0. The van der Waals surface area contributed by atoms with Crippen molar-refractivity contribution in [3.05, 3.63) is 52.5 Å². The number of anilines is 1. The first-order valence-corrected chi connectivity index (χ1v) is 8.92. The van der Waals surface area contributed by atoms with Gasteiger partial charge in [-0.2, -0.15) is 18.3 Å². The molecule has 2 aromatic carbocycles. The molecule has 1 N–H and O–H groups in total. The van der Waals surface area contributed by atoms with Crippen LogP contribution in [-0.2, 0) is 12.6 Å². The first kappa shape index (κ1) is 17.2. The minimum atomic E-state index is -4.47. The van der Waals surface area contributed by atoms with E-state index in [9.17, 15) is 13.2 Å². The maximum absolute atomic E-state index is 13.2. The fraction of sp³-hybridized carbons (Fsp3) is 0.211. The third-order valence-corrected chi connectivity index (χ3v) is 5.12. The molecule has 2 aliphatic rings. The van der Waals surface area contributed by atoms with Crippen LogP contribution in [0, 0.1) is 0 Å². The zero-order chi connectivity index (χ0) is 19.5. The second-order valence-corrected chi connectivity index (χ2v) is 6.90. The largest absolute Gasteiger partial charge is 0.454 e. The van der Waals surface area contributed by atoms with Gasteiger partial charge in [0.2, 0.25) is 6.79 Å². The Hall–Kier alpha value is -2.87. The normalized spacial score (nSPS) is 14.9. The van der Waals surface area contributed by atoms with Crippen LogP contribution >= 0.6 is 11.6 Å². The summed E-state index contributed by atoms with van der Waals surface area (Å²) in [5.74, 6) is 1.91. The van der Waals surface area contributed by atoms with Crippen molar-refractivity contribution in [1.82, 2.24) is 9.78 Å². The second kappa shape index (κ2) is 6.07. The predicted molar refractivity (Wildman–Crippen MR) is 97.3 cm³/mol. The van der Waals surface area contributed by atoms with E-state index in [1.165, 1.54) is 10.7 Å². The molecule has 0 radical (unpaired) electrons. The summed E-state index contributed by atoms with van der Waals surface area (Å²) in [5.41, 5.74) is 1.79. The summed E-state index contributed by atoms with van der Waals surface area (Å²) in [6, 6.07) is 8.68. The lowest BCUT2D eigenvalue weighted by Crippen LogP contribution is -2.09. The highest BCUT2D eigenvalue weighted by atomic mass is 35.5. The number of rotatable bonds is 2. The molecule has 0 amide bonds. The van der Waals surface area contributed by atoms with Crippen molar-refractivity contribution in [3.8, 4) is 28.4 Å². The van der Waals surface area contributed by atoms with Gasteiger partial charge in [0.1, 0.15) is 5.82 Å². The van der Waals surface area contributed by atoms with E-state index in [4.69, 9.17) is 21.1 Å². The van der Waals surface area contributed by atoms with Crippen LogP contribution in [0.3, 0.4) is 0 Å². The predicted octanol–water partition coefficient (Wildman–Crippen LogP) is 4.91. The number of halogens is 4. The van der Waals surface area contributed by atoms with Crippen LogP contribution in [0.5, 0.6) is 11.5 Å². The van der Waals surface area contributed by atoms with Crippen LogP contribution in [0.4, 0.5) is 19.0 Å². The van der Waals surface area contributed by atoms with Gasteiger partial charge in [0.05, 0.1) is 22.0 Å².